The molecule has 0 radical (unpaired) electrons. The number of nitrogens with zero attached hydrogens (tertiary/aromatic N) is 2. The highest BCUT2D eigenvalue weighted by Gasteiger charge is 2.56. The summed E-state index contributed by atoms with van der Waals surface area (Å²) in [6.45, 7) is 5.64. The van der Waals surface area contributed by atoms with Crippen LogP contribution in [0.25, 0.3) is 0 Å². The van der Waals surface area contributed by atoms with E-state index >= 15 is 0 Å². The van der Waals surface area contributed by atoms with E-state index in [2.05, 4.69) is 4.99 Å². The zero-order chi connectivity index (χ0) is 10.4. The topological polar surface area (TPSA) is 58.7 Å². The average molecular weight is 183 g/mol. The van der Waals surface area contributed by atoms with Gasteiger partial charge in [-0.3, -0.25) is 9.79 Å². The van der Waals surface area contributed by atoms with Crippen LogP contribution in [0.3, 0.4) is 0 Å². The first-order chi connectivity index (χ1) is 5.76. The molecule has 2 N–H and O–H groups in total. The SMILES string of the molecule is CN=C1N(C)C(=O)C(C)(N)C1(C)C. The molecule has 74 valence electrons. The summed E-state index contributed by atoms with van der Waals surface area (Å²) in [6, 6.07) is 0. The van der Waals surface area contributed by atoms with Crippen molar-refractivity contribution in [3.05, 3.63) is 0 Å². The van der Waals surface area contributed by atoms with Gasteiger partial charge in [0, 0.05) is 19.5 Å². The highest BCUT2D eigenvalue weighted by atomic mass is 16.2. The number of likely N-dealkylation sites (tertiary alicyclic amines) is 1. The number of aliphatic imine (C=N–C) groups is 1. The third kappa shape index (κ3) is 1.01. The van der Waals surface area contributed by atoms with E-state index in [-0.39, 0.29) is 5.91 Å². The second-order valence-electron chi connectivity index (χ2n) is 4.24. The monoisotopic (exact) mass is 183 g/mol. The number of nitrogens with two attached hydrogens (primary N) is 1. The van der Waals surface area contributed by atoms with Crippen molar-refractivity contribution in [2.75, 3.05) is 14.1 Å². The van der Waals surface area contributed by atoms with Crippen molar-refractivity contribution in [1.82, 2.24) is 4.90 Å². The van der Waals surface area contributed by atoms with Gasteiger partial charge in [0.2, 0.25) is 5.91 Å². The van der Waals surface area contributed by atoms with Crippen LogP contribution >= 0.6 is 0 Å². The lowest BCUT2D eigenvalue weighted by Gasteiger charge is -2.30. The molecule has 1 atom stereocenters. The van der Waals surface area contributed by atoms with E-state index < -0.39 is 11.0 Å². The minimum absolute atomic E-state index is 0.0712. The fourth-order valence-electron chi connectivity index (χ4n) is 1.79. The maximum Gasteiger partial charge on any atom is 0.248 e. The summed E-state index contributed by atoms with van der Waals surface area (Å²) < 4.78 is 0. The third-order valence-electron chi connectivity index (χ3n) is 3.14. The lowest BCUT2D eigenvalue weighted by atomic mass is 9.76. The Bertz CT molecular complexity index is 279. The van der Waals surface area contributed by atoms with Crippen molar-refractivity contribution in [3.63, 3.8) is 0 Å². The highest BCUT2D eigenvalue weighted by Crippen LogP contribution is 2.38. The first-order valence-corrected chi connectivity index (χ1v) is 4.31. The van der Waals surface area contributed by atoms with Crippen LogP contribution in [0.4, 0.5) is 0 Å². The Morgan fingerprint density at radius 1 is 1.38 bits per heavy atom. The summed E-state index contributed by atoms with van der Waals surface area (Å²) in [5.74, 6) is 0.681. The van der Waals surface area contributed by atoms with Gasteiger partial charge in [0.05, 0.1) is 0 Å². The van der Waals surface area contributed by atoms with E-state index in [1.807, 2.05) is 13.8 Å². The van der Waals surface area contributed by atoms with Crippen molar-refractivity contribution < 1.29 is 4.79 Å². The van der Waals surface area contributed by atoms with Crippen molar-refractivity contribution in [2.24, 2.45) is 16.1 Å². The second kappa shape index (κ2) is 2.54. The van der Waals surface area contributed by atoms with Crippen molar-refractivity contribution >= 4 is 11.7 Å². The molecule has 0 saturated carbocycles. The zero-order valence-electron chi connectivity index (χ0n) is 8.88. The molecule has 4 heteroatoms. The van der Waals surface area contributed by atoms with Gasteiger partial charge in [-0.15, -0.1) is 0 Å². The summed E-state index contributed by atoms with van der Waals surface area (Å²) in [7, 11) is 3.40. The summed E-state index contributed by atoms with van der Waals surface area (Å²) >= 11 is 0. The third-order valence-corrected chi connectivity index (χ3v) is 3.14. The quantitative estimate of drug-likeness (QED) is 0.584. The summed E-state index contributed by atoms with van der Waals surface area (Å²) in [5, 5.41) is 0. The van der Waals surface area contributed by atoms with Gasteiger partial charge in [-0.05, 0) is 6.92 Å². The Kier molecular flexibility index (Phi) is 1.99. The van der Waals surface area contributed by atoms with Crippen molar-refractivity contribution in [2.45, 2.75) is 26.3 Å². The number of amides is 1. The fourth-order valence-corrected chi connectivity index (χ4v) is 1.79. The molecule has 0 aromatic heterocycles. The minimum atomic E-state index is -0.851. The van der Waals surface area contributed by atoms with Gasteiger partial charge in [-0.1, -0.05) is 13.8 Å². The number of rotatable bonds is 0. The molecule has 0 aromatic carbocycles. The first kappa shape index (κ1) is 10.2. The molecule has 4 nitrogen and oxygen atoms in total. The molecule has 1 amide bonds. The molecular weight excluding hydrogens is 166 g/mol. The van der Waals surface area contributed by atoms with Gasteiger partial charge in [0.25, 0.3) is 0 Å². The second-order valence-corrected chi connectivity index (χ2v) is 4.24. The van der Waals surface area contributed by atoms with Crippen molar-refractivity contribution in [1.29, 1.82) is 0 Å². The summed E-state index contributed by atoms with van der Waals surface area (Å²) in [6.07, 6.45) is 0. The number of carbonyl (C=O) groups is 1. The Hall–Kier alpha value is -0.900. The molecule has 1 heterocycles. The normalized spacial score (nSPS) is 36.0. The van der Waals surface area contributed by atoms with E-state index in [1.165, 1.54) is 0 Å². The molecule has 0 bridgehead atoms. The smallest absolute Gasteiger partial charge is 0.248 e. The van der Waals surface area contributed by atoms with Crippen LogP contribution in [0.15, 0.2) is 4.99 Å². The van der Waals surface area contributed by atoms with E-state index in [0.29, 0.717) is 0 Å². The number of hydrogen-bond donors (Lipinski definition) is 1. The molecule has 1 unspecified atom stereocenters. The van der Waals surface area contributed by atoms with Crippen LogP contribution in [-0.4, -0.2) is 36.3 Å². The standard InChI is InChI=1S/C9H17N3O/c1-8(2)6(11-4)12(5)7(13)9(8,3)10/h10H2,1-5H3. The molecule has 1 fully saturated rings. The summed E-state index contributed by atoms with van der Waals surface area (Å²) in [4.78, 5) is 17.4. The van der Waals surface area contributed by atoms with E-state index in [0.717, 1.165) is 5.84 Å². The van der Waals surface area contributed by atoms with Crippen LogP contribution in [-0.2, 0) is 4.79 Å². The molecule has 0 aromatic rings. The minimum Gasteiger partial charge on any atom is -0.317 e. The summed E-state index contributed by atoms with van der Waals surface area (Å²) in [5.41, 5.74) is 4.74. The fraction of sp³-hybridized carbons (Fsp3) is 0.778. The molecule has 13 heavy (non-hydrogen) atoms. The lowest BCUT2D eigenvalue weighted by Crippen LogP contribution is -2.53. The number of amidine groups is 1. The Labute approximate surface area is 78.8 Å². The molecular formula is C9H17N3O. The first-order valence-electron chi connectivity index (χ1n) is 4.31. The highest BCUT2D eigenvalue weighted by molar-refractivity contribution is 6.13. The van der Waals surface area contributed by atoms with E-state index in [4.69, 9.17) is 5.73 Å². The zero-order valence-corrected chi connectivity index (χ0v) is 8.88. The maximum absolute atomic E-state index is 11.7. The Balaban J connectivity index is 3.30. The van der Waals surface area contributed by atoms with Gasteiger partial charge in [-0.2, -0.15) is 0 Å². The van der Waals surface area contributed by atoms with Gasteiger partial charge in [0.15, 0.2) is 0 Å². The molecule has 0 aliphatic carbocycles. The van der Waals surface area contributed by atoms with Crippen molar-refractivity contribution in [3.8, 4) is 0 Å². The lowest BCUT2D eigenvalue weighted by molar-refractivity contribution is -0.130. The predicted octanol–water partition coefficient (Wildman–Crippen LogP) is 0.230. The van der Waals surface area contributed by atoms with Gasteiger partial charge in [0.1, 0.15) is 11.4 Å². The predicted molar refractivity (Wildman–Crippen MR) is 52.5 cm³/mol. The molecule has 1 rings (SSSR count). The Morgan fingerprint density at radius 3 is 2.00 bits per heavy atom. The van der Waals surface area contributed by atoms with E-state index in [9.17, 15) is 4.79 Å². The number of carbonyl (C=O) groups excluding carboxylic acids is 1. The van der Waals surface area contributed by atoms with E-state index in [1.54, 1.807) is 25.9 Å². The average Bonchev–Trinajstić information content (AvgIpc) is 2.12. The number of likely N-dealkylation sites (N-methyl/N-ethyl adjacent to an activating group) is 1. The Morgan fingerprint density at radius 2 is 1.85 bits per heavy atom. The van der Waals surface area contributed by atoms with Gasteiger partial charge in [-0.25, -0.2) is 0 Å². The molecule has 1 aliphatic rings. The van der Waals surface area contributed by atoms with Crippen LogP contribution in [0, 0.1) is 5.41 Å². The maximum atomic E-state index is 11.7. The van der Waals surface area contributed by atoms with Gasteiger partial charge >= 0.3 is 0 Å². The molecule has 1 aliphatic heterocycles. The van der Waals surface area contributed by atoms with Crippen LogP contribution in [0.5, 0.6) is 0 Å². The van der Waals surface area contributed by atoms with Crippen LogP contribution < -0.4 is 5.73 Å². The van der Waals surface area contributed by atoms with Crippen LogP contribution in [0.2, 0.25) is 0 Å². The van der Waals surface area contributed by atoms with Crippen LogP contribution in [0.1, 0.15) is 20.8 Å². The molecule has 0 spiro atoms. The van der Waals surface area contributed by atoms with Gasteiger partial charge < -0.3 is 10.6 Å². The number of hydrogen-bond acceptors (Lipinski definition) is 3. The molecule has 1 saturated heterocycles. The largest absolute Gasteiger partial charge is 0.317 e.